The number of rotatable bonds is 2. The molecule has 2 aromatic rings. The molecule has 0 spiro atoms. The number of phenols is 1. The van der Waals surface area contributed by atoms with Crippen molar-refractivity contribution in [3.63, 3.8) is 0 Å². The molecule has 0 heterocycles. The van der Waals surface area contributed by atoms with Crippen LogP contribution < -0.4 is 5.32 Å². The Balaban J connectivity index is 2.24. The summed E-state index contributed by atoms with van der Waals surface area (Å²) in [4.78, 5) is 11.9. The van der Waals surface area contributed by atoms with Gasteiger partial charge in [0.05, 0.1) is 0 Å². The molecule has 0 radical (unpaired) electrons. The summed E-state index contributed by atoms with van der Waals surface area (Å²) in [7, 11) is 0. The van der Waals surface area contributed by atoms with Gasteiger partial charge in [-0.1, -0.05) is 12.1 Å². The summed E-state index contributed by atoms with van der Waals surface area (Å²) >= 11 is 0. The highest BCUT2D eigenvalue weighted by Crippen LogP contribution is 2.18. The number of halogens is 1. The second kappa shape index (κ2) is 4.87. The molecule has 0 aliphatic rings. The van der Waals surface area contributed by atoms with E-state index < -0.39 is 5.82 Å². The van der Waals surface area contributed by atoms with E-state index in [1.807, 2.05) is 0 Å². The molecule has 1 amide bonds. The minimum atomic E-state index is -0.410. The zero-order valence-corrected chi connectivity index (χ0v) is 9.77. The fourth-order valence-corrected chi connectivity index (χ4v) is 1.57. The van der Waals surface area contributed by atoms with Crippen LogP contribution >= 0.6 is 0 Å². The molecule has 2 rings (SSSR count). The van der Waals surface area contributed by atoms with Crippen LogP contribution in [0.1, 0.15) is 15.9 Å². The van der Waals surface area contributed by atoms with Crippen molar-refractivity contribution in [2.24, 2.45) is 0 Å². The molecule has 0 bridgehead atoms. The predicted molar refractivity (Wildman–Crippen MR) is 67.2 cm³/mol. The Morgan fingerprint density at radius 3 is 2.72 bits per heavy atom. The molecule has 2 aromatic carbocycles. The summed E-state index contributed by atoms with van der Waals surface area (Å²) in [6, 6.07) is 10.2. The molecule has 0 saturated heterocycles. The molecule has 0 aliphatic carbocycles. The van der Waals surface area contributed by atoms with Gasteiger partial charge < -0.3 is 10.4 Å². The first kappa shape index (κ1) is 12.1. The number of aryl methyl sites for hydroxylation is 1. The van der Waals surface area contributed by atoms with E-state index in [1.54, 1.807) is 25.1 Å². The average Bonchev–Trinajstić information content (AvgIpc) is 2.34. The highest BCUT2D eigenvalue weighted by molar-refractivity contribution is 6.04. The Morgan fingerprint density at radius 2 is 2.00 bits per heavy atom. The van der Waals surface area contributed by atoms with Gasteiger partial charge in [-0.3, -0.25) is 4.79 Å². The van der Waals surface area contributed by atoms with Crippen molar-refractivity contribution in [2.45, 2.75) is 6.92 Å². The molecular formula is C14H12FNO2. The molecule has 0 aliphatic heterocycles. The van der Waals surface area contributed by atoms with Gasteiger partial charge in [0.1, 0.15) is 11.6 Å². The number of hydrogen-bond donors (Lipinski definition) is 2. The monoisotopic (exact) mass is 245 g/mol. The van der Waals surface area contributed by atoms with Gasteiger partial charge in [-0.15, -0.1) is 0 Å². The van der Waals surface area contributed by atoms with Crippen LogP contribution in [0.5, 0.6) is 5.75 Å². The quantitative estimate of drug-likeness (QED) is 0.854. The molecule has 0 unspecified atom stereocenters. The molecule has 3 nitrogen and oxygen atoms in total. The first-order valence-electron chi connectivity index (χ1n) is 5.43. The summed E-state index contributed by atoms with van der Waals surface area (Å²) in [5.41, 5.74) is 1.51. The maximum atomic E-state index is 13.1. The third-order valence-corrected chi connectivity index (χ3v) is 2.56. The van der Waals surface area contributed by atoms with Crippen LogP contribution in [-0.4, -0.2) is 11.0 Å². The number of carbonyl (C=O) groups is 1. The van der Waals surface area contributed by atoms with Crippen LogP contribution in [0.3, 0.4) is 0 Å². The van der Waals surface area contributed by atoms with Crippen LogP contribution in [-0.2, 0) is 0 Å². The minimum absolute atomic E-state index is 0.0126. The van der Waals surface area contributed by atoms with Crippen LogP contribution in [0.2, 0.25) is 0 Å². The van der Waals surface area contributed by atoms with Gasteiger partial charge in [0.25, 0.3) is 5.91 Å². The van der Waals surface area contributed by atoms with Crippen molar-refractivity contribution in [3.05, 3.63) is 59.4 Å². The van der Waals surface area contributed by atoms with E-state index in [0.717, 1.165) is 5.56 Å². The number of aromatic hydroxyl groups is 1. The molecule has 0 atom stereocenters. The van der Waals surface area contributed by atoms with Crippen molar-refractivity contribution < 1.29 is 14.3 Å². The van der Waals surface area contributed by atoms with Gasteiger partial charge in [0, 0.05) is 11.3 Å². The lowest BCUT2D eigenvalue weighted by atomic mass is 10.1. The molecule has 0 fully saturated rings. The summed E-state index contributed by atoms with van der Waals surface area (Å²) in [6.45, 7) is 1.78. The largest absolute Gasteiger partial charge is 0.508 e. The third kappa shape index (κ3) is 2.66. The molecule has 2 N–H and O–H groups in total. The van der Waals surface area contributed by atoms with Gasteiger partial charge in [0.2, 0.25) is 0 Å². The Kier molecular flexibility index (Phi) is 3.28. The Labute approximate surface area is 104 Å². The molecule has 4 heteroatoms. The maximum Gasteiger partial charge on any atom is 0.255 e. The average molecular weight is 245 g/mol. The number of anilines is 1. The number of hydrogen-bond acceptors (Lipinski definition) is 2. The third-order valence-electron chi connectivity index (χ3n) is 2.56. The van der Waals surface area contributed by atoms with E-state index in [0.29, 0.717) is 11.3 Å². The first-order valence-corrected chi connectivity index (χ1v) is 5.43. The highest BCUT2D eigenvalue weighted by Gasteiger charge is 2.08. The fourth-order valence-electron chi connectivity index (χ4n) is 1.57. The predicted octanol–water partition coefficient (Wildman–Crippen LogP) is 3.09. The van der Waals surface area contributed by atoms with Crippen molar-refractivity contribution in [1.82, 2.24) is 0 Å². The lowest BCUT2D eigenvalue weighted by Crippen LogP contribution is -2.12. The topological polar surface area (TPSA) is 49.3 Å². The minimum Gasteiger partial charge on any atom is -0.508 e. The number of nitrogens with one attached hydrogen (secondary N) is 1. The molecule has 0 aromatic heterocycles. The zero-order valence-electron chi connectivity index (χ0n) is 9.77. The van der Waals surface area contributed by atoms with Crippen molar-refractivity contribution in [3.8, 4) is 5.75 Å². The van der Waals surface area contributed by atoms with Gasteiger partial charge in [0.15, 0.2) is 0 Å². The first-order chi connectivity index (χ1) is 8.56. The van der Waals surface area contributed by atoms with E-state index in [9.17, 15) is 14.3 Å². The molecule has 0 saturated carbocycles. The highest BCUT2D eigenvalue weighted by atomic mass is 19.1. The van der Waals surface area contributed by atoms with E-state index in [4.69, 9.17) is 0 Å². The standard InChI is InChI=1S/C14H12FNO2/c1-9-5-6-11(15)8-13(9)16-14(18)10-3-2-4-12(17)7-10/h2-8,17H,1H3,(H,16,18). The van der Waals surface area contributed by atoms with Crippen LogP contribution in [0.4, 0.5) is 10.1 Å². The number of benzene rings is 2. The smallest absolute Gasteiger partial charge is 0.255 e. The number of phenolic OH excluding ortho intramolecular Hbond substituents is 1. The fraction of sp³-hybridized carbons (Fsp3) is 0.0714. The zero-order chi connectivity index (χ0) is 13.1. The summed E-state index contributed by atoms with van der Waals surface area (Å²) in [5, 5.41) is 11.9. The van der Waals surface area contributed by atoms with Crippen molar-refractivity contribution in [2.75, 3.05) is 5.32 Å². The van der Waals surface area contributed by atoms with E-state index in [2.05, 4.69) is 5.32 Å². The second-order valence-corrected chi connectivity index (χ2v) is 3.96. The van der Waals surface area contributed by atoms with E-state index >= 15 is 0 Å². The van der Waals surface area contributed by atoms with Gasteiger partial charge in [-0.05, 0) is 42.8 Å². The SMILES string of the molecule is Cc1ccc(F)cc1NC(=O)c1cccc(O)c1. The Morgan fingerprint density at radius 1 is 1.22 bits per heavy atom. The van der Waals surface area contributed by atoms with Gasteiger partial charge >= 0.3 is 0 Å². The maximum absolute atomic E-state index is 13.1. The summed E-state index contributed by atoms with van der Waals surface area (Å²) in [5.74, 6) is -0.787. The van der Waals surface area contributed by atoms with Gasteiger partial charge in [-0.2, -0.15) is 0 Å². The van der Waals surface area contributed by atoms with Crippen LogP contribution in [0, 0.1) is 12.7 Å². The second-order valence-electron chi connectivity index (χ2n) is 3.96. The summed E-state index contributed by atoms with van der Waals surface area (Å²) < 4.78 is 13.1. The lowest BCUT2D eigenvalue weighted by Gasteiger charge is -2.08. The molecule has 92 valence electrons. The van der Waals surface area contributed by atoms with E-state index in [-0.39, 0.29) is 11.7 Å². The summed E-state index contributed by atoms with van der Waals surface area (Å²) in [6.07, 6.45) is 0. The Hall–Kier alpha value is -2.36. The number of carbonyl (C=O) groups excluding carboxylic acids is 1. The van der Waals surface area contributed by atoms with Crippen molar-refractivity contribution in [1.29, 1.82) is 0 Å². The van der Waals surface area contributed by atoms with Crippen LogP contribution in [0.25, 0.3) is 0 Å². The lowest BCUT2D eigenvalue weighted by molar-refractivity contribution is 0.102. The van der Waals surface area contributed by atoms with Crippen molar-refractivity contribution >= 4 is 11.6 Å². The molecular weight excluding hydrogens is 233 g/mol. The molecule has 18 heavy (non-hydrogen) atoms. The van der Waals surface area contributed by atoms with Gasteiger partial charge in [-0.25, -0.2) is 4.39 Å². The van der Waals surface area contributed by atoms with E-state index in [1.165, 1.54) is 24.3 Å². The Bertz CT molecular complexity index is 596. The number of amides is 1. The van der Waals surface area contributed by atoms with Crippen LogP contribution in [0.15, 0.2) is 42.5 Å². The normalized spacial score (nSPS) is 10.1.